The molecule has 6 heteroatoms. The lowest BCUT2D eigenvalue weighted by molar-refractivity contribution is -0.142. The fourth-order valence-corrected chi connectivity index (χ4v) is 2.74. The Balaban J connectivity index is 1.84. The smallest absolute Gasteiger partial charge is 0.326 e. The summed E-state index contributed by atoms with van der Waals surface area (Å²) in [6, 6.07) is 6.41. The molecule has 1 aromatic rings. The number of carboxylic acid groups (broad SMARTS) is 1. The second-order valence-corrected chi connectivity index (χ2v) is 5.79. The van der Waals surface area contributed by atoms with Crippen molar-refractivity contribution in [1.29, 1.82) is 0 Å². The maximum Gasteiger partial charge on any atom is 0.326 e. The molecule has 21 heavy (non-hydrogen) atoms. The molecule has 1 aliphatic rings. The number of nitrogens with one attached hydrogen (secondary N) is 1. The predicted octanol–water partition coefficient (Wildman–Crippen LogP) is 2.39. The zero-order valence-electron chi connectivity index (χ0n) is 11.9. The minimum Gasteiger partial charge on any atom is -0.480 e. The molecule has 0 spiro atoms. The van der Waals surface area contributed by atoms with Gasteiger partial charge in [-0.2, -0.15) is 0 Å². The Hall–Kier alpha value is -1.75. The second-order valence-electron chi connectivity index (χ2n) is 5.35. The Kier molecular flexibility index (Phi) is 5.07. The van der Waals surface area contributed by atoms with Crippen molar-refractivity contribution >= 4 is 23.6 Å². The summed E-state index contributed by atoms with van der Waals surface area (Å²) < 4.78 is 0. The summed E-state index contributed by atoms with van der Waals surface area (Å²) in [5.74, 6) is -0.947. The highest BCUT2D eigenvalue weighted by atomic mass is 35.5. The van der Waals surface area contributed by atoms with E-state index in [1.165, 1.54) is 4.90 Å². The molecule has 114 valence electrons. The van der Waals surface area contributed by atoms with E-state index in [0.717, 1.165) is 12.0 Å². The van der Waals surface area contributed by atoms with Gasteiger partial charge in [-0.3, -0.25) is 0 Å². The minimum absolute atomic E-state index is 0.00971. The van der Waals surface area contributed by atoms with Crippen molar-refractivity contribution in [3.63, 3.8) is 0 Å². The van der Waals surface area contributed by atoms with Gasteiger partial charge in [-0.25, -0.2) is 9.59 Å². The van der Waals surface area contributed by atoms with E-state index in [-0.39, 0.29) is 11.9 Å². The van der Waals surface area contributed by atoms with Gasteiger partial charge in [0.05, 0.1) is 0 Å². The Labute approximate surface area is 128 Å². The van der Waals surface area contributed by atoms with Crippen LogP contribution in [0.5, 0.6) is 0 Å². The van der Waals surface area contributed by atoms with Crippen molar-refractivity contribution in [3.05, 3.63) is 34.9 Å². The third-order valence-corrected chi connectivity index (χ3v) is 4.07. The molecule has 5 nitrogen and oxygen atoms in total. The highest BCUT2D eigenvalue weighted by Crippen LogP contribution is 2.23. The molecule has 1 heterocycles. The summed E-state index contributed by atoms with van der Waals surface area (Å²) >= 11 is 5.81. The van der Waals surface area contributed by atoms with Crippen LogP contribution in [0.1, 0.15) is 18.9 Å². The lowest BCUT2D eigenvalue weighted by atomic mass is 10.0. The fraction of sp³-hybridized carbons (Fsp3) is 0.467. The zero-order chi connectivity index (χ0) is 15.4. The number of hydrogen-bond donors (Lipinski definition) is 2. The number of rotatable bonds is 4. The summed E-state index contributed by atoms with van der Waals surface area (Å²) in [6.45, 7) is 2.82. The second kappa shape index (κ2) is 6.80. The van der Waals surface area contributed by atoms with Crippen molar-refractivity contribution in [2.24, 2.45) is 5.92 Å². The van der Waals surface area contributed by atoms with E-state index in [9.17, 15) is 14.7 Å². The van der Waals surface area contributed by atoms with Gasteiger partial charge in [0.25, 0.3) is 0 Å². The number of urea groups is 1. The van der Waals surface area contributed by atoms with Gasteiger partial charge in [0, 0.05) is 18.1 Å². The molecule has 1 aromatic carbocycles. The monoisotopic (exact) mass is 310 g/mol. The zero-order valence-corrected chi connectivity index (χ0v) is 12.6. The maximum absolute atomic E-state index is 12.1. The van der Waals surface area contributed by atoms with Gasteiger partial charge in [-0.05, 0) is 36.5 Å². The van der Waals surface area contributed by atoms with E-state index < -0.39 is 12.0 Å². The van der Waals surface area contributed by atoms with Crippen LogP contribution >= 0.6 is 11.6 Å². The predicted molar refractivity (Wildman–Crippen MR) is 80.5 cm³/mol. The Morgan fingerprint density at radius 1 is 1.38 bits per heavy atom. The number of likely N-dealkylation sites (tertiary alicyclic amines) is 1. The average molecular weight is 311 g/mol. The third kappa shape index (κ3) is 3.88. The van der Waals surface area contributed by atoms with Gasteiger partial charge in [-0.1, -0.05) is 30.7 Å². The van der Waals surface area contributed by atoms with Crippen LogP contribution in [0.3, 0.4) is 0 Å². The standard InChI is InChI=1S/C15H19ClN2O3/c1-10-7-9-18(13(10)14(19)20)15(21)17-8-6-11-2-4-12(16)5-3-11/h2-5,10,13H,6-9H2,1H3,(H,17,21)(H,19,20). The number of halogens is 1. The summed E-state index contributed by atoms with van der Waals surface area (Å²) in [5.41, 5.74) is 1.07. The summed E-state index contributed by atoms with van der Waals surface area (Å²) in [7, 11) is 0. The van der Waals surface area contributed by atoms with Crippen LogP contribution in [0, 0.1) is 5.92 Å². The minimum atomic E-state index is -0.937. The highest BCUT2D eigenvalue weighted by molar-refractivity contribution is 6.30. The molecule has 2 rings (SSSR count). The molecule has 0 aromatic heterocycles. The molecule has 0 bridgehead atoms. The molecule has 1 fully saturated rings. The van der Waals surface area contributed by atoms with Crippen molar-refractivity contribution < 1.29 is 14.7 Å². The summed E-state index contributed by atoms with van der Waals surface area (Å²) in [5, 5.41) is 12.7. The van der Waals surface area contributed by atoms with Gasteiger partial charge in [-0.15, -0.1) is 0 Å². The van der Waals surface area contributed by atoms with E-state index in [1.807, 2.05) is 19.1 Å². The van der Waals surface area contributed by atoms with Crippen LogP contribution < -0.4 is 5.32 Å². The summed E-state index contributed by atoms with van der Waals surface area (Å²) in [4.78, 5) is 24.7. The number of hydrogen-bond acceptors (Lipinski definition) is 2. The Morgan fingerprint density at radius 2 is 2.05 bits per heavy atom. The SMILES string of the molecule is CC1CCN(C(=O)NCCc2ccc(Cl)cc2)C1C(=O)O. The van der Waals surface area contributed by atoms with Crippen LogP contribution in [0.25, 0.3) is 0 Å². The molecular weight excluding hydrogens is 292 g/mol. The van der Waals surface area contributed by atoms with Crippen molar-refractivity contribution in [2.45, 2.75) is 25.8 Å². The number of amides is 2. The van der Waals surface area contributed by atoms with Gasteiger partial charge < -0.3 is 15.3 Å². The van der Waals surface area contributed by atoms with Gasteiger partial charge in [0.1, 0.15) is 6.04 Å². The summed E-state index contributed by atoms with van der Waals surface area (Å²) in [6.07, 6.45) is 1.41. The van der Waals surface area contributed by atoms with E-state index in [2.05, 4.69) is 5.32 Å². The van der Waals surface area contributed by atoms with Crippen LogP contribution in [0.15, 0.2) is 24.3 Å². The average Bonchev–Trinajstić information content (AvgIpc) is 2.83. The van der Waals surface area contributed by atoms with Crippen LogP contribution in [0.2, 0.25) is 5.02 Å². The number of aliphatic carboxylic acids is 1. The molecule has 0 aliphatic carbocycles. The van der Waals surface area contributed by atoms with E-state index in [1.54, 1.807) is 12.1 Å². The molecule has 2 amide bonds. The molecule has 2 unspecified atom stereocenters. The lowest BCUT2D eigenvalue weighted by Gasteiger charge is -2.23. The quantitative estimate of drug-likeness (QED) is 0.897. The van der Waals surface area contributed by atoms with E-state index in [4.69, 9.17) is 11.6 Å². The van der Waals surface area contributed by atoms with Gasteiger partial charge >= 0.3 is 12.0 Å². The van der Waals surface area contributed by atoms with E-state index >= 15 is 0 Å². The molecule has 0 radical (unpaired) electrons. The number of carbonyl (C=O) groups excluding carboxylic acids is 1. The highest BCUT2D eigenvalue weighted by Gasteiger charge is 2.39. The number of nitrogens with zero attached hydrogens (tertiary/aromatic N) is 1. The third-order valence-electron chi connectivity index (χ3n) is 3.82. The molecule has 0 saturated carbocycles. The maximum atomic E-state index is 12.1. The van der Waals surface area contributed by atoms with Crippen LogP contribution in [-0.2, 0) is 11.2 Å². The van der Waals surface area contributed by atoms with Crippen LogP contribution in [-0.4, -0.2) is 41.1 Å². The van der Waals surface area contributed by atoms with Crippen molar-refractivity contribution in [3.8, 4) is 0 Å². The van der Waals surface area contributed by atoms with Crippen LogP contribution in [0.4, 0.5) is 4.79 Å². The van der Waals surface area contributed by atoms with E-state index in [0.29, 0.717) is 24.5 Å². The molecule has 1 aliphatic heterocycles. The molecule has 2 atom stereocenters. The topological polar surface area (TPSA) is 69.6 Å². The number of carboxylic acids is 1. The molecule has 1 saturated heterocycles. The first-order chi connectivity index (χ1) is 9.99. The van der Waals surface area contributed by atoms with Gasteiger partial charge in [0.2, 0.25) is 0 Å². The first-order valence-corrected chi connectivity index (χ1v) is 7.38. The Morgan fingerprint density at radius 3 is 2.67 bits per heavy atom. The van der Waals surface area contributed by atoms with Gasteiger partial charge in [0.15, 0.2) is 0 Å². The first kappa shape index (κ1) is 15.6. The normalized spacial score (nSPS) is 21.3. The lowest BCUT2D eigenvalue weighted by Crippen LogP contribution is -2.47. The number of benzene rings is 1. The Bertz CT molecular complexity index is 518. The fourth-order valence-electron chi connectivity index (χ4n) is 2.62. The first-order valence-electron chi connectivity index (χ1n) is 7.00. The van der Waals surface area contributed by atoms with Crippen molar-refractivity contribution in [2.75, 3.05) is 13.1 Å². The largest absolute Gasteiger partial charge is 0.480 e. The number of carbonyl (C=O) groups is 2. The van der Waals surface area contributed by atoms with Crippen molar-refractivity contribution in [1.82, 2.24) is 10.2 Å². The molecular formula is C15H19ClN2O3. The molecule has 2 N–H and O–H groups in total.